The van der Waals surface area contributed by atoms with Crippen LogP contribution in [-0.2, 0) is 20.8 Å². The average molecular weight is 381 g/mol. The smallest absolute Gasteiger partial charge is 0.163 e. The number of carbonyl (C=O) groups excluding carboxylic acids is 3. The number of nitrogens with zero attached hydrogens (tertiary/aromatic N) is 1. The van der Waals surface area contributed by atoms with E-state index in [1.54, 1.807) is 6.08 Å². The zero-order valence-corrected chi connectivity index (χ0v) is 16.8. The Balaban J connectivity index is 1.91. The van der Waals surface area contributed by atoms with Crippen LogP contribution in [0.2, 0.25) is 0 Å². The van der Waals surface area contributed by atoms with Gasteiger partial charge in [0.25, 0.3) is 0 Å². The van der Waals surface area contributed by atoms with E-state index in [2.05, 4.69) is 11.7 Å². The Morgan fingerprint density at radius 1 is 1.18 bits per heavy atom. The predicted octanol–water partition coefficient (Wildman–Crippen LogP) is 4.03. The number of oxime groups is 1. The number of rotatable bonds is 6. The molecule has 0 atom stereocenters. The molecule has 28 heavy (non-hydrogen) atoms. The van der Waals surface area contributed by atoms with Gasteiger partial charge in [-0.2, -0.15) is 0 Å². The summed E-state index contributed by atoms with van der Waals surface area (Å²) in [6.45, 7) is 9.64. The first kappa shape index (κ1) is 20.2. The van der Waals surface area contributed by atoms with Gasteiger partial charge < -0.3 is 4.84 Å². The normalized spacial score (nSPS) is 22.4. The second kappa shape index (κ2) is 8.21. The lowest BCUT2D eigenvalue weighted by Crippen LogP contribution is -2.38. The van der Waals surface area contributed by atoms with Crippen LogP contribution in [0, 0.1) is 19.8 Å². The first-order valence-electron chi connectivity index (χ1n) is 9.90. The number of fused-ring (bicyclic) bond motifs is 1. The van der Waals surface area contributed by atoms with Crippen molar-refractivity contribution >= 4 is 23.1 Å². The lowest BCUT2D eigenvalue weighted by atomic mass is 9.72. The van der Waals surface area contributed by atoms with Crippen LogP contribution in [-0.4, -0.2) is 29.7 Å². The minimum absolute atomic E-state index is 0.109. The lowest BCUT2D eigenvalue weighted by molar-refractivity contribution is -0.133. The Bertz CT molecular complexity index is 863. The van der Waals surface area contributed by atoms with Gasteiger partial charge in [-0.3, -0.25) is 14.4 Å². The van der Waals surface area contributed by atoms with E-state index in [9.17, 15) is 14.4 Å². The highest BCUT2D eigenvalue weighted by atomic mass is 16.6. The van der Waals surface area contributed by atoms with Crippen LogP contribution in [0.25, 0.3) is 0 Å². The van der Waals surface area contributed by atoms with Crippen LogP contribution < -0.4 is 0 Å². The van der Waals surface area contributed by atoms with Crippen molar-refractivity contribution in [2.45, 2.75) is 58.8 Å². The molecule has 0 amide bonds. The van der Waals surface area contributed by atoms with E-state index < -0.39 is 5.92 Å². The van der Waals surface area contributed by atoms with Crippen molar-refractivity contribution in [3.05, 3.63) is 46.5 Å². The molecule has 148 valence electrons. The van der Waals surface area contributed by atoms with E-state index in [0.717, 1.165) is 27.8 Å². The standard InChI is InChI=1S/C23H27NO4/c1-5-9-28-24-17(6-2)23-19(26)11-15(12-20(23)27)21-13(3)10-14(4)22-16(21)7-8-18(22)25/h5,10,15,23H,1,6-9,11-12H2,2-4H3. The third kappa shape index (κ3) is 3.58. The fourth-order valence-electron chi connectivity index (χ4n) is 4.71. The van der Waals surface area contributed by atoms with Crippen molar-refractivity contribution in [3.8, 4) is 0 Å². The molecule has 0 unspecified atom stereocenters. The molecule has 2 aliphatic rings. The van der Waals surface area contributed by atoms with Crippen molar-refractivity contribution in [1.29, 1.82) is 0 Å². The van der Waals surface area contributed by atoms with Crippen LogP contribution in [0.15, 0.2) is 23.9 Å². The zero-order chi connectivity index (χ0) is 20.4. The predicted molar refractivity (Wildman–Crippen MR) is 108 cm³/mol. The van der Waals surface area contributed by atoms with Crippen molar-refractivity contribution in [2.75, 3.05) is 6.61 Å². The molecule has 1 aromatic rings. The highest BCUT2D eigenvalue weighted by molar-refractivity contribution is 6.22. The molecule has 0 N–H and O–H groups in total. The maximum absolute atomic E-state index is 12.9. The minimum atomic E-state index is -0.813. The summed E-state index contributed by atoms with van der Waals surface area (Å²) in [4.78, 5) is 43.3. The van der Waals surface area contributed by atoms with Gasteiger partial charge in [-0.05, 0) is 54.9 Å². The maximum atomic E-state index is 12.9. The Morgan fingerprint density at radius 3 is 2.46 bits per heavy atom. The number of aryl methyl sites for hydroxylation is 2. The van der Waals surface area contributed by atoms with Gasteiger partial charge in [0.05, 0.1) is 5.71 Å². The topological polar surface area (TPSA) is 72.8 Å². The van der Waals surface area contributed by atoms with Gasteiger partial charge in [0, 0.05) is 24.8 Å². The fourth-order valence-corrected chi connectivity index (χ4v) is 4.71. The third-order valence-corrected chi connectivity index (χ3v) is 5.78. The summed E-state index contributed by atoms with van der Waals surface area (Å²) in [5.41, 5.74) is 5.42. The molecule has 0 saturated heterocycles. The van der Waals surface area contributed by atoms with E-state index in [-0.39, 0.29) is 29.9 Å². The molecule has 3 rings (SSSR count). The fraction of sp³-hybridized carbons (Fsp3) is 0.478. The van der Waals surface area contributed by atoms with Gasteiger partial charge in [0.1, 0.15) is 24.1 Å². The number of carbonyl (C=O) groups is 3. The molecule has 1 fully saturated rings. The van der Waals surface area contributed by atoms with Crippen molar-refractivity contribution in [3.63, 3.8) is 0 Å². The molecule has 1 saturated carbocycles. The monoisotopic (exact) mass is 381 g/mol. The van der Waals surface area contributed by atoms with Crippen molar-refractivity contribution in [1.82, 2.24) is 0 Å². The van der Waals surface area contributed by atoms with E-state index in [1.807, 2.05) is 26.8 Å². The van der Waals surface area contributed by atoms with Gasteiger partial charge >= 0.3 is 0 Å². The van der Waals surface area contributed by atoms with Gasteiger partial charge in [-0.15, -0.1) is 0 Å². The van der Waals surface area contributed by atoms with Gasteiger partial charge in [-0.1, -0.05) is 30.8 Å². The Kier molecular flexibility index (Phi) is 5.92. The number of hydrogen-bond donors (Lipinski definition) is 0. The first-order valence-corrected chi connectivity index (χ1v) is 9.90. The van der Waals surface area contributed by atoms with Crippen molar-refractivity contribution in [2.24, 2.45) is 11.1 Å². The van der Waals surface area contributed by atoms with Crippen LogP contribution in [0.5, 0.6) is 0 Å². The van der Waals surface area contributed by atoms with Crippen LogP contribution >= 0.6 is 0 Å². The van der Waals surface area contributed by atoms with Gasteiger partial charge in [0.15, 0.2) is 5.78 Å². The molecule has 0 heterocycles. The van der Waals surface area contributed by atoms with Crippen LogP contribution in [0.3, 0.4) is 0 Å². The molecule has 0 aliphatic heterocycles. The summed E-state index contributed by atoms with van der Waals surface area (Å²) in [5, 5.41) is 4.01. The molecule has 2 aliphatic carbocycles. The van der Waals surface area contributed by atoms with E-state index in [1.165, 1.54) is 0 Å². The lowest BCUT2D eigenvalue weighted by Gasteiger charge is -2.29. The van der Waals surface area contributed by atoms with Crippen LogP contribution in [0.1, 0.15) is 71.1 Å². The van der Waals surface area contributed by atoms with Crippen molar-refractivity contribution < 1.29 is 19.2 Å². The summed E-state index contributed by atoms with van der Waals surface area (Å²) < 4.78 is 0. The second-order valence-electron chi connectivity index (χ2n) is 7.69. The number of Topliss-reactive ketones (excluding diaryl/α,β-unsaturated/α-hetero) is 3. The molecule has 0 spiro atoms. The first-order chi connectivity index (χ1) is 13.4. The second-order valence-corrected chi connectivity index (χ2v) is 7.69. The Labute approximate surface area is 165 Å². The third-order valence-electron chi connectivity index (χ3n) is 5.78. The van der Waals surface area contributed by atoms with Gasteiger partial charge in [0.2, 0.25) is 0 Å². The molecule has 5 heteroatoms. The minimum Gasteiger partial charge on any atom is -0.392 e. The van der Waals surface area contributed by atoms with E-state index in [0.29, 0.717) is 37.8 Å². The SMILES string of the molecule is C=CCON=C(CC)C1C(=O)CC(c2c(C)cc(C)c3c2CCC3=O)CC1=O. The summed E-state index contributed by atoms with van der Waals surface area (Å²) in [7, 11) is 0. The molecular formula is C23H27NO4. The summed E-state index contributed by atoms with van der Waals surface area (Å²) in [6, 6.07) is 2.01. The Hall–Kier alpha value is -2.56. The quantitative estimate of drug-likeness (QED) is 0.245. The van der Waals surface area contributed by atoms with Gasteiger partial charge in [-0.25, -0.2) is 0 Å². The number of benzene rings is 1. The van der Waals surface area contributed by atoms with E-state index >= 15 is 0 Å². The summed E-state index contributed by atoms with van der Waals surface area (Å²) >= 11 is 0. The van der Waals surface area contributed by atoms with Crippen LogP contribution in [0.4, 0.5) is 0 Å². The zero-order valence-electron chi connectivity index (χ0n) is 16.8. The molecule has 0 radical (unpaired) electrons. The average Bonchev–Trinajstić information content (AvgIpc) is 3.01. The largest absolute Gasteiger partial charge is 0.392 e. The molecule has 1 aromatic carbocycles. The molecule has 5 nitrogen and oxygen atoms in total. The highest BCUT2D eigenvalue weighted by Crippen LogP contribution is 2.40. The molecular weight excluding hydrogens is 354 g/mol. The highest BCUT2D eigenvalue weighted by Gasteiger charge is 2.41. The Morgan fingerprint density at radius 2 is 1.86 bits per heavy atom. The maximum Gasteiger partial charge on any atom is 0.163 e. The summed E-state index contributed by atoms with van der Waals surface area (Å²) in [6.07, 6.45) is 3.85. The number of hydrogen-bond acceptors (Lipinski definition) is 5. The van der Waals surface area contributed by atoms with E-state index in [4.69, 9.17) is 4.84 Å². The summed E-state index contributed by atoms with van der Waals surface area (Å²) in [5.74, 6) is -1.03. The molecule has 0 aromatic heterocycles. The molecule has 0 bridgehead atoms. The number of ketones is 3.